The average Bonchev–Trinajstić information content (AvgIpc) is 2.90. The van der Waals surface area contributed by atoms with Crippen molar-refractivity contribution in [2.24, 2.45) is 5.92 Å². The van der Waals surface area contributed by atoms with Crippen molar-refractivity contribution in [1.29, 1.82) is 0 Å². The van der Waals surface area contributed by atoms with E-state index in [2.05, 4.69) is 54.4 Å². The highest BCUT2D eigenvalue weighted by Crippen LogP contribution is 2.24. The third-order valence-corrected chi connectivity index (χ3v) is 4.36. The maximum Gasteiger partial charge on any atom is 0.227 e. The summed E-state index contributed by atoms with van der Waals surface area (Å²) in [6, 6.07) is 12.5. The van der Waals surface area contributed by atoms with Crippen LogP contribution in [0.15, 0.2) is 36.4 Å². The Hall–Kier alpha value is -2.10. The summed E-state index contributed by atoms with van der Waals surface area (Å²) in [4.78, 5) is 12.0. The van der Waals surface area contributed by atoms with Crippen LogP contribution in [0.4, 0.5) is 11.8 Å². The molecule has 1 aliphatic heterocycles. The first kappa shape index (κ1) is 16.7. The van der Waals surface area contributed by atoms with Crippen LogP contribution in [0.25, 0.3) is 11.3 Å². The highest BCUT2D eigenvalue weighted by Gasteiger charge is 2.15. The van der Waals surface area contributed by atoms with E-state index in [0.29, 0.717) is 5.92 Å². The van der Waals surface area contributed by atoms with Gasteiger partial charge in [0.1, 0.15) is 5.82 Å². The van der Waals surface area contributed by atoms with Gasteiger partial charge < -0.3 is 10.2 Å². The number of nitrogens with one attached hydrogen (secondary N) is 1. The van der Waals surface area contributed by atoms with Gasteiger partial charge in [-0.1, -0.05) is 57.0 Å². The van der Waals surface area contributed by atoms with Crippen LogP contribution in [0.1, 0.15) is 39.5 Å². The average molecular weight is 324 g/mol. The molecule has 1 aromatic heterocycles. The normalized spacial score (nSPS) is 15.4. The Morgan fingerprint density at radius 3 is 2.38 bits per heavy atom. The summed E-state index contributed by atoms with van der Waals surface area (Å²) >= 11 is 0. The van der Waals surface area contributed by atoms with E-state index in [1.165, 1.54) is 25.7 Å². The van der Waals surface area contributed by atoms with Crippen molar-refractivity contribution in [3.63, 3.8) is 0 Å². The van der Waals surface area contributed by atoms with Crippen LogP contribution in [0, 0.1) is 5.92 Å². The second-order valence-corrected chi connectivity index (χ2v) is 6.98. The Morgan fingerprint density at radius 1 is 1.00 bits per heavy atom. The lowest BCUT2D eigenvalue weighted by Crippen LogP contribution is -2.26. The Morgan fingerprint density at radius 2 is 1.71 bits per heavy atom. The molecule has 128 valence electrons. The van der Waals surface area contributed by atoms with Crippen LogP contribution >= 0.6 is 0 Å². The molecule has 1 N–H and O–H groups in total. The Kier molecular flexibility index (Phi) is 5.68. The van der Waals surface area contributed by atoms with Gasteiger partial charge in [0.15, 0.2) is 0 Å². The molecule has 0 unspecified atom stereocenters. The fraction of sp³-hybridized carbons (Fsp3) is 0.500. The van der Waals surface area contributed by atoms with E-state index in [-0.39, 0.29) is 0 Å². The second-order valence-electron chi connectivity index (χ2n) is 6.98. The number of nitrogens with zero attached hydrogens (tertiary/aromatic N) is 3. The van der Waals surface area contributed by atoms with E-state index in [0.717, 1.165) is 42.7 Å². The molecule has 1 aromatic carbocycles. The van der Waals surface area contributed by atoms with E-state index in [1.807, 2.05) is 6.07 Å². The number of rotatable bonds is 5. The van der Waals surface area contributed by atoms with Crippen molar-refractivity contribution < 1.29 is 0 Å². The number of benzene rings is 1. The molecule has 0 aliphatic carbocycles. The van der Waals surface area contributed by atoms with Gasteiger partial charge >= 0.3 is 0 Å². The van der Waals surface area contributed by atoms with E-state index < -0.39 is 0 Å². The zero-order valence-electron chi connectivity index (χ0n) is 14.8. The summed E-state index contributed by atoms with van der Waals surface area (Å²) in [7, 11) is 0. The summed E-state index contributed by atoms with van der Waals surface area (Å²) in [5.41, 5.74) is 2.14. The molecule has 0 radical (unpaired) electrons. The van der Waals surface area contributed by atoms with Gasteiger partial charge in [-0.05, 0) is 18.8 Å². The molecular weight excluding hydrogens is 296 g/mol. The summed E-state index contributed by atoms with van der Waals surface area (Å²) in [6.45, 7) is 7.46. The van der Waals surface area contributed by atoms with Crippen molar-refractivity contribution in [2.45, 2.75) is 39.5 Å². The lowest BCUT2D eigenvalue weighted by Gasteiger charge is -2.22. The summed E-state index contributed by atoms with van der Waals surface area (Å²) in [5, 5.41) is 3.47. The maximum absolute atomic E-state index is 4.87. The number of aromatic nitrogens is 2. The SMILES string of the molecule is CC(C)CNc1cc(-c2ccccc2)nc(N2CCCCCC2)n1. The van der Waals surface area contributed by atoms with Gasteiger partial charge in [-0.2, -0.15) is 4.98 Å². The van der Waals surface area contributed by atoms with Crippen LogP contribution in [0.5, 0.6) is 0 Å². The van der Waals surface area contributed by atoms with Crippen molar-refractivity contribution in [3.05, 3.63) is 36.4 Å². The largest absolute Gasteiger partial charge is 0.370 e. The molecule has 2 heterocycles. The smallest absolute Gasteiger partial charge is 0.227 e. The predicted octanol–water partition coefficient (Wildman–Crippen LogP) is 4.59. The predicted molar refractivity (Wildman–Crippen MR) is 101 cm³/mol. The molecule has 0 spiro atoms. The van der Waals surface area contributed by atoms with Crippen molar-refractivity contribution in [1.82, 2.24) is 9.97 Å². The van der Waals surface area contributed by atoms with Gasteiger partial charge in [-0.15, -0.1) is 0 Å². The van der Waals surface area contributed by atoms with Gasteiger partial charge in [0.25, 0.3) is 0 Å². The van der Waals surface area contributed by atoms with Crippen LogP contribution in [0.2, 0.25) is 0 Å². The van der Waals surface area contributed by atoms with Crippen LogP contribution < -0.4 is 10.2 Å². The third kappa shape index (κ3) is 4.47. The number of anilines is 2. The van der Waals surface area contributed by atoms with Crippen molar-refractivity contribution in [2.75, 3.05) is 29.9 Å². The maximum atomic E-state index is 4.87. The third-order valence-electron chi connectivity index (χ3n) is 4.36. The summed E-state index contributed by atoms with van der Waals surface area (Å²) in [6.07, 6.45) is 5.09. The zero-order chi connectivity index (χ0) is 16.8. The monoisotopic (exact) mass is 324 g/mol. The van der Waals surface area contributed by atoms with Crippen molar-refractivity contribution >= 4 is 11.8 Å². The fourth-order valence-electron chi connectivity index (χ4n) is 3.00. The van der Waals surface area contributed by atoms with Gasteiger partial charge in [-0.3, -0.25) is 0 Å². The molecule has 1 saturated heterocycles. The van der Waals surface area contributed by atoms with Crippen LogP contribution in [-0.2, 0) is 0 Å². The van der Waals surface area contributed by atoms with Gasteiger partial charge in [0, 0.05) is 31.3 Å². The van der Waals surface area contributed by atoms with Gasteiger partial charge in [0.2, 0.25) is 5.95 Å². The molecule has 1 aliphatic rings. The number of hydrogen-bond donors (Lipinski definition) is 1. The molecule has 1 fully saturated rings. The molecule has 4 nitrogen and oxygen atoms in total. The fourth-order valence-corrected chi connectivity index (χ4v) is 3.00. The summed E-state index contributed by atoms with van der Waals surface area (Å²) < 4.78 is 0. The molecule has 2 aromatic rings. The molecule has 24 heavy (non-hydrogen) atoms. The first-order valence-corrected chi connectivity index (χ1v) is 9.16. The highest BCUT2D eigenvalue weighted by atomic mass is 15.3. The molecule has 3 rings (SSSR count). The molecule has 0 amide bonds. The van der Waals surface area contributed by atoms with Gasteiger partial charge in [-0.25, -0.2) is 4.98 Å². The highest BCUT2D eigenvalue weighted by molar-refractivity contribution is 5.64. The zero-order valence-corrected chi connectivity index (χ0v) is 14.8. The first-order valence-electron chi connectivity index (χ1n) is 9.16. The minimum absolute atomic E-state index is 0.585. The van der Waals surface area contributed by atoms with Crippen molar-refractivity contribution in [3.8, 4) is 11.3 Å². The van der Waals surface area contributed by atoms with E-state index in [9.17, 15) is 0 Å². The Balaban J connectivity index is 1.92. The molecule has 0 saturated carbocycles. The Bertz CT molecular complexity index is 631. The Labute approximate surface area is 145 Å². The van der Waals surface area contributed by atoms with Crippen LogP contribution in [0.3, 0.4) is 0 Å². The standard InChI is InChI=1S/C20H28N4/c1-16(2)15-21-19-14-18(17-10-6-5-7-11-17)22-20(23-19)24-12-8-3-4-9-13-24/h5-7,10-11,14,16H,3-4,8-9,12-13,15H2,1-2H3,(H,21,22,23). The molecule has 0 bridgehead atoms. The quantitative estimate of drug-likeness (QED) is 0.873. The van der Waals surface area contributed by atoms with E-state index in [4.69, 9.17) is 9.97 Å². The second kappa shape index (κ2) is 8.13. The van der Waals surface area contributed by atoms with E-state index >= 15 is 0 Å². The van der Waals surface area contributed by atoms with Crippen LogP contribution in [-0.4, -0.2) is 29.6 Å². The van der Waals surface area contributed by atoms with E-state index in [1.54, 1.807) is 0 Å². The lowest BCUT2D eigenvalue weighted by molar-refractivity contribution is 0.686. The topological polar surface area (TPSA) is 41.1 Å². The van der Waals surface area contributed by atoms with Gasteiger partial charge in [0.05, 0.1) is 5.69 Å². The summed E-state index contributed by atoms with van der Waals surface area (Å²) in [5.74, 6) is 2.38. The first-order chi connectivity index (χ1) is 11.7. The molecule has 4 heteroatoms. The number of hydrogen-bond acceptors (Lipinski definition) is 4. The minimum Gasteiger partial charge on any atom is -0.370 e. The minimum atomic E-state index is 0.585. The lowest BCUT2D eigenvalue weighted by atomic mass is 10.1. The molecule has 0 atom stereocenters. The molecular formula is C20H28N4.